The van der Waals surface area contributed by atoms with E-state index in [9.17, 15) is 8.42 Å². The third-order valence-corrected chi connectivity index (χ3v) is 2.33. The molecule has 0 bridgehead atoms. The van der Waals surface area contributed by atoms with E-state index in [0.717, 1.165) is 11.6 Å². The van der Waals surface area contributed by atoms with E-state index in [1.54, 1.807) is 24.3 Å². The van der Waals surface area contributed by atoms with Gasteiger partial charge in [-0.15, -0.1) is 0 Å². The molecular formula is C9H10O4S. The zero-order valence-electron chi connectivity index (χ0n) is 7.24. The molecule has 14 heavy (non-hydrogen) atoms. The molecule has 0 amide bonds. The van der Waals surface area contributed by atoms with Crippen molar-refractivity contribution in [3.8, 4) is 0 Å². The van der Waals surface area contributed by atoms with Crippen LogP contribution in [0.3, 0.4) is 0 Å². The van der Waals surface area contributed by atoms with Gasteiger partial charge in [-0.3, -0.25) is 4.55 Å². The Kier molecular flexibility index (Phi) is 3.40. The summed E-state index contributed by atoms with van der Waals surface area (Å²) in [6, 6.07) is 8.86. The predicted molar refractivity (Wildman–Crippen MR) is 53.0 cm³/mol. The summed E-state index contributed by atoms with van der Waals surface area (Å²) in [6.45, 7) is 0. The normalized spacial score (nSPS) is 14.4. The fraction of sp³-hybridized carbons (Fsp3) is 0.111. The Morgan fingerprint density at radius 3 is 2.29 bits per heavy atom. The molecule has 0 fully saturated rings. The van der Waals surface area contributed by atoms with Crippen LogP contribution in [0.15, 0.2) is 36.4 Å². The lowest BCUT2D eigenvalue weighted by Gasteiger charge is -1.99. The van der Waals surface area contributed by atoms with Gasteiger partial charge in [0.05, 0.1) is 0 Å². The lowest BCUT2D eigenvalue weighted by Crippen LogP contribution is -2.16. The molecule has 0 aromatic heterocycles. The molecule has 1 aromatic carbocycles. The van der Waals surface area contributed by atoms with E-state index >= 15 is 0 Å². The van der Waals surface area contributed by atoms with Crippen LogP contribution in [0.25, 0.3) is 6.08 Å². The Morgan fingerprint density at radius 2 is 1.79 bits per heavy atom. The summed E-state index contributed by atoms with van der Waals surface area (Å²) in [5, 5.41) is 8.92. The molecule has 76 valence electrons. The average molecular weight is 214 g/mol. The third kappa shape index (κ3) is 3.29. The van der Waals surface area contributed by atoms with E-state index < -0.39 is 15.6 Å². The van der Waals surface area contributed by atoms with Crippen molar-refractivity contribution in [2.75, 3.05) is 0 Å². The van der Waals surface area contributed by atoms with Gasteiger partial charge in [0, 0.05) is 0 Å². The van der Waals surface area contributed by atoms with Gasteiger partial charge < -0.3 is 5.11 Å². The number of rotatable bonds is 3. The van der Waals surface area contributed by atoms with Crippen LogP contribution in [0.4, 0.5) is 0 Å². The van der Waals surface area contributed by atoms with E-state index in [4.69, 9.17) is 9.66 Å². The van der Waals surface area contributed by atoms with Gasteiger partial charge in [-0.25, -0.2) is 0 Å². The SMILES string of the molecule is O=S(=O)(O)C(O)/C=C/c1ccccc1. The first-order chi connectivity index (χ1) is 6.50. The van der Waals surface area contributed by atoms with Gasteiger partial charge in [0.1, 0.15) is 0 Å². The summed E-state index contributed by atoms with van der Waals surface area (Å²) in [7, 11) is -4.40. The van der Waals surface area contributed by atoms with Gasteiger partial charge in [0.15, 0.2) is 5.44 Å². The number of aliphatic hydroxyl groups excluding tert-OH is 1. The van der Waals surface area contributed by atoms with Crippen LogP contribution < -0.4 is 0 Å². The Balaban J connectivity index is 2.75. The fourth-order valence-electron chi connectivity index (χ4n) is 0.857. The Bertz CT molecular complexity index is 408. The summed E-state index contributed by atoms with van der Waals surface area (Å²) in [5.41, 5.74) is -1.13. The zero-order valence-corrected chi connectivity index (χ0v) is 8.05. The molecule has 0 aliphatic carbocycles. The summed E-state index contributed by atoms with van der Waals surface area (Å²) < 4.78 is 29.2. The molecule has 1 unspecified atom stereocenters. The molecule has 2 N–H and O–H groups in total. The van der Waals surface area contributed by atoms with E-state index in [1.165, 1.54) is 6.08 Å². The van der Waals surface area contributed by atoms with E-state index in [-0.39, 0.29) is 0 Å². The molecule has 1 rings (SSSR count). The Labute approximate surface area is 82.3 Å². The molecular weight excluding hydrogens is 204 g/mol. The van der Waals surface area contributed by atoms with E-state index in [2.05, 4.69) is 0 Å². The minimum atomic E-state index is -4.40. The highest BCUT2D eigenvalue weighted by atomic mass is 32.2. The lowest BCUT2D eigenvalue weighted by molar-refractivity contribution is 0.276. The van der Waals surface area contributed by atoms with E-state index in [1.807, 2.05) is 6.07 Å². The van der Waals surface area contributed by atoms with E-state index in [0.29, 0.717) is 0 Å². The largest absolute Gasteiger partial charge is 0.372 e. The van der Waals surface area contributed by atoms with Gasteiger partial charge in [0.25, 0.3) is 10.1 Å². The first-order valence-electron chi connectivity index (χ1n) is 3.88. The highest BCUT2D eigenvalue weighted by Crippen LogP contribution is 2.04. The molecule has 0 aliphatic heterocycles. The maximum absolute atomic E-state index is 10.4. The first-order valence-corrected chi connectivity index (χ1v) is 5.38. The first kappa shape index (κ1) is 10.9. The fourth-order valence-corrected chi connectivity index (χ4v) is 1.13. The molecule has 0 radical (unpaired) electrons. The lowest BCUT2D eigenvalue weighted by atomic mass is 10.2. The Hall–Kier alpha value is -1.17. The topological polar surface area (TPSA) is 74.6 Å². The summed E-state index contributed by atoms with van der Waals surface area (Å²) >= 11 is 0. The van der Waals surface area contributed by atoms with Crippen molar-refractivity contribution in [1.29, 1.82) is 0 Å². The van der Waals surface area contributed by atoms with Gasteiger partial charge in [-0.1, -0.05) is 36.4 Å². The van der Waals surface area contributed by atoms with Crippen molar-refractivity contribution >= 4 is 16.2 Å². The summed E-state index contributed by atoms with van der Waals surface area (Å²) in [4.78, 5) is 0. The minimum absolute atomic E-state index is 0.746. The van der Waals surface area contributed by atoms with Crippen LogP contribution in [0, 0.1) is 0 Å². The molecule has 0 aliphatic rings. The maximum Gasteiger partial charge on any atom is 0.295 e. The van der Waals surface area contributed by atoms with Crippen molar-refractivity contribution in [3.05, 3.63) is 42.0 Å². The number of benzene rings is 1. The molecule has 1 atom stereocenters. The highest BCUT2D eigenvalue weighted by molar-refractivity contribution is 7.86. The smallest absolute Gasteiger partial charge is 0.295 e. The molecule has 0 saturated carbocycles. The second-order valence-electron chi connectivity index (χ2n) is 2.68. The van der Waals surface area contributed by atoms with Crippen LogP contribution >= 0.6 is 0 Å². The molecule has 4 nitrogen and oxygen atoms in total. The molecule has 0 saturated heterocycles. The van der Waals surface area contributed by atoms with Gasteiger partial charge in [0.2, 0.25) is 0 Å². The van der Waals surface area contributed by atoms with Crippen molar-refractivity contribution < 1.29 is 18.1 Å². The van der Waals surface area contributed by atoms with Crippen molar-refractivity contribution in [2.24, 2.45) is 0 Å². The van der Waals surface area contributed by atoms with Crippen LogP contribution in [-0.4, -0.2) is 23.5 Å². The molecule has 5 heteroatoms. The molecule has 0 spiro atoms. The van der Waals surface area contributed by atoms with Crippen molar-refractivity contribution in [1.82, 2.24) is 0 Å². The number of hydrogen-bond acceptors (Lipinski definition) is 3. The summed E-state index contributed by atoms with van der Waals surface area (Å²) in [6.07, 6.45) is 2.42. The van der Waals surface area contributed by atoms with Gasteiger partial charge >= 0.3 is 0 Å². The second-order valence-corrected chi connectivity index (χ2v) is 4.19. The highest BCUT2D eigenvalue weighted by Gasteiger charge is 2.14. The monoisotopic (exact) mass is 214 g/mol. The van der Waals surface area contributed by atoms with Crippen LogP contribution in [-0.2, 0) is 10.1 Å². The maximum atomic E-state index is 10.4. The van der Waals surface area contributed by atoms with Crippen LogP contribution in [0.2, 0.25) is 0 Å². The average Bonchev–Trinajstić information content (AvgIpc) is 2.14. The predicted octanol–water partition coefficient (Wildman–Crippen LogP) is 0.906. The Morgan fingerprint density at radius 1 is 1.21 bits per heavy atom. The number of aliphatic hydroxyl groups is 1. The third-order valence-electron chi connectivity index (χ3n) is 1.56. The van der Waals surface area contributed by atoms with Crippen LogP contribution in [0.1, 0.15) is 5.56 Å². The van der Waals surface area contributed by atoms with Gasteiger partial charge in [-0.2, -0.15) is 8.42 Å². The van der Waals surface area contributed by atoms with Gasteiger partial charge in [-0.05, 0) is 11.6 Å². The number of hydrogen-bond donors (Lipinski definition) is 2. The minimum Gasteiger partial charge on any atom is -0.372 e. The zero-order chi connectivity index (χ0) is 10.6. The summed E-state index contributed by atoms with van der Waals surface area (Å²) in [5.74, 6) is 0. The molecule has 0 heterocycles. The quantitative estimate of drug-likeness (QED) is 0.733. The molecule has 1 aromatic rings. The van der Waals surface area contributed by atoms with Crippen LogP contribution in [0.5, 0.6) is 0 Å². The standard InChI is InChI=1S/C9H10O4S/c10-9(14(11,12)13)7-6-8-4-2-1-3-5-8/h1-7,9-10H,(H,11,12,13)/b7-6+. The van der Waals surface area contributed by atoms with Crippen molar-refractivity contribution in [2.45, 2.75) is 5.44 Å². The van der Waals surface area contributed by atoms with Crippen molar-refractivity contribution in [3.63, 3.8) is 0 Å². The second kappa shape index (κ2) is 4.36.